The van der Waals surface area contributed by atoms with Gasteiger partial charge in [0.15, 0.2) is 0 Å². The van der Waals surface area contributed by atoms with Crippen LogP contribution in [0.4, 0.5) is 0 Å². The Morgan fingerprint density at radius 2 is 2.05 bits per heavy atom. The van der Waals surface area contributed by atoms with Crippen LogP contribution in [0.15, 0.2) is 30.5 Å². The molecule has 1 heterocycles. The SMILES string of the molecule is CCNCc1nccc(-c2ccc3c(c2)CCC3)n1. The molecule has 1 aromatic carbocycles. The fraction of sp³-hybridized carbons (Fsp3) is 0.375. The molecule has 0 saturated heterocycles. The van der Waals surface area contributed by atoms with Crippen LogP contribution >= 0.6 is 0 Å². The number of rotatable bonds is 4. The second-order valence-corrected chi connectivity index (χ2v) is 4.98. The maximum absolute atomic E-state index is 4.63. The van der Waals surface area contributed by atoms with Gasteiger partial charge in [0.05, 0.1) is 12.2 Å². The fourth-order valence-corrected chi connectivity index (χ4v) is 2.61. The topological polar surface area (TPSA) is 37.8 Å². The van der Waals surface area contributed by atoms with Crippen LogP contribution in [0.3, 0.4) is 0 Å². The highest BCUT2D eigenvalue weighted by atomic mass is 15.0. The average Bonchev–Trinajstić information content (AvgIpc) is 2.92. The van der Waals surface area contributed by atoms with Crippen LogP contribution in [0.2, 0.25) is 0 Å². The minimum atomic E-state index is 0.731. The zero-order valence-corrected chi connectivity index (χ0v) is 11.3. The van der Waals surface area contributed by atoms with Gasteiger partial charge in [0.25, 0.3) is 0 Å². The highest BCUT2D eigenvalue weighted by Gasteiger charge is 2.12. The molecule has 0 fully saturated rings. The van der Waals surface area contributed by atoms with Crippen molar-refractivity contribution in [2.45, 2.75) is 32.7 Å². The molecule has 2 aromatic rings. The zero-order valence-electron chi connectivity index (χ0n) is 11.3. The number of benzene rings is 1. The largest absolute Gasteiger partial charge is 0.310 e. The molecule has 0 unspecified atom stereocenters. The molecule has 0 saturated carbocycles. The van der Waals surface area contributed by atoms with Crippen molar-refractivity contribution in [2.75, 3.05) is 6.54 Å². The van der Waals surface area contributed by atoms with E-state index in [-0.39, 0.29) is 0 Å². The molecule has 0 radical (unpaired) electrons. The summed E-state index contributed by atoms with van der Waals surface area (Å²) in [6.07, 6.45) is 5.57. The molecule has 0 aliphatic heterocycles. The highest BCUT2D eigenvalue weighted by Crippen LogP contribution is 2.26. The summed E-state index contributed by atoms with van der Waals surface area (Å²) in [4.78, 5) is 8.93. The number of fused-ring (bicyclic) bond motifs is 1. The smallest absolute Gasteiger partial charge is 0.142 e. The molecule has 0 amide bonds. The zero-order chi connectivity index (χ0) is 13.1. The molecule has 3 rings (SSSR count). The molecule has 1 aliphatic rings. The monoisotopic (exact) mass is 253 g/mol. The summed E-state index contributed by atoms with van der Waals surface area (Å²) in [6, 6.07) is 8.72. The normalized spacial score (nSPS) is 13.5. The third kappa shape index (κ3) is 2.66. The Kier molecular flexibility index (Phi) is 3.56. The molecule has 19 heavy (non-hydrogen) atoms. The number of aryl methyl sites for hydroxylation is 2. The molecule has 3 heteroatoms. The van der Waals surface area contributed by atoms with Crippen molar-refractivity contribution < 1.29 is 0 Å². The maximum atomic E-state index is 4.63. The lowest BCUT2D eigenvalue weighted by molar-refractivity contribution is 0.691. The Balaban J connectivity index is 1.89. The first-order chi connectivity index (χ1) is 9.36. The van der Waals surface area contributed by atoms with E-state index >= 15 is 0 Å². The molecule has 98 valence electrons. The lowest BCUT2D eigenvalue weighted by atomic mass is 10.0. The van der Waals surface area contributed by atoms with Crippen molar-refractivity contribution in [3.05, 3.63) is 47.4 Å². The Morgan fingerprint density at radius 1 is 1.16 bits per heavy atom. The van der Waals surface area contributed by atoms with E-state index in [2.05, 4.69) is 40.4 Å². The number of nitrogens with one attached hydrogen (secondary N) is 1. The van der Waals surface area contributed by atoms with E-state index in [1.807, 2.05) is 12.3 Å². The molecular weight excluding hydrogens is 234 g/mol. The first-order valence-electron chi connectivity index (χ1n) is 7.01. The van der Waals surface area contributed by atoms with Crippen LogP contribution in [0.25, 0.3) is 11.3 Å². The Hall–Kier alpha value is -1.74. The minimum Gasteiger partial charge on any atom is -0.310 e. The minimum absolute atomic E-state index is 0.731. The summed E-state index contributed by atoms with van der Waals surface area (Å²) in [5, 5.41) is 3.26. The predicted molar refractivity (Wildman–Crippen MR) is 76.9 cm³/mol. The first kappa shape index (κ1) is 12.3. The van der Waals surface area contributed by atoms with Gasteiger partial charge in [0.2, 0.25) is 0 Å². The van der Waals surface area contributed by atoms with Crippen LogP contribution in [-0.2, 0) is 19.4 Å². The average molecular weight is 253 g/mol. The van der Waals surface area contributed by atoms with E-state index in [1.165, 1.54) is 36.0 Å². The van der Waals surface area contributed by atoms with Crippen LogP contribution in [0, 0.1) is 0 Å². The van der Waals surface area contributed by atoms with E-state index in [9.17, 15) is 0 Å². The Bertz CT molecular complexity index is 578. The van der Waals surface area contributed by atoms with Gasteiger partial charge in [0, 0.05) is 11.8 Å². The lowest BCUT2D eigenvalue weighted by Gasteiger charge is -2.06. The highest BCUT2D eigenvalue weighted by molar-refractivity contribution is 5.61. The quantitative estimate of drug-likeness (QED) is 0.910. The standard InChI is InChI=1S/C16H19N3/c1-2-17-11-16-18-9-8-15(19-16)14-7-6-12-4-3-5-13(12)10-14/h6-10,17H,2-5,11H2,1H3. The van der Waals surface area contributed by atoms with Crippen molar-refractivity contribution >= 4 is 0 Å². The number of hydrogen-bond acceptors (Lipinski definition) is 3. The summed E-state index contributed by atoms with van der Waals surface area (Å²) in [5.41, 5.74) is 5.23. The number of hydrogen-bond donors (Lipinski definition) is 1. The van der Waals surface area contributed by atoms with E-state index < -0.39 is 0 Å². The molecule has 1 aromatic heterocycles. The molecular formula is C16H19N3. The Labute approximate surface area is 114 Å². The summed E-state index contributed by atoms with van der Waals surface area (Å²) in [6.45, 7) is 3.76. The fourth-order valence-electron chi connectivity index (χ4n) is 2.61. The third-order valence-electron chi connectivity index (χ3n) is 3.63. The molecule has 0 spiro atoms. The van der Waals surface area contributed by atoms with E-state index in [0.717, 1.165) is 24.6 Å². The van der Waals surface area contributed by atoms with Gasteiger partial charge in [-0.3, -0.25) is 0 Å². The van der Waals surface area contributed by atoms with Crippen LogP contribution < -0.4 is 5.32 Å². The number of nitrogens with zero attached hydrogens (tertiary/aromatic N) is 2. The van der Waals surface area contributed by atoms with Crippen molar-refractivity contribution in [2.24, 2.45) is 0 Å². The molecule has 3 nitrogen and oxygen atoms in total. The van der Waals surface area contributed by atoms with Gasteiger partial charge in [-0.2, -0.15) is 0 Å². The Morgan fingerprint density at radius 3 is 2.95 bits per heavy atom. The van der Waals surface area contributed by atoms with Crippen LogP contribution in [0.5, 0.6) is 0 Å². The van der Waals surface area contributed by atoms with Gasteiger partial charge in [-0.25, -0.2) is 9.97 Å². The van der Waals surface area contributed by atoms with Gasteiger partial charge in [-0.05, 0) is 49.1 Å². The summed E-state index contributed by atoms with van der Waals surface area (Å²) >= 11 is 0. The van der Waals surface area contributed by atoms with Gasteiger partial charge < -0.3 is 5.32 Å². The van der Waals surface area contributed by atoms with Crippen molar-refractivity contribution in [1.29, 1.82) is 0 Å². The number of aromatic nitrogens is 2. The van der Waals surface area contributed by atoms with E-state index in [4.69, 9.17) is 0 Å². The van der Waals surface area contributed by atoms with Crippen molar-refractivity contribution in [3.8, 4) is 11.3 Å². The van der Waals surface area contributed by atoms with Crippen LogP contribution in [0.1, 0.15) is 30.3 Å². The molecule has 0 atom stereocenters. The van der Waals surface area contributed by atoms with Crippen molar-refractivity contribution in [3.63, 3.8) is 0 Å². The molecule has 0 bridgehead atoms. The van der Waals surface area contributed by atoms with Gasteiger partial charge >= 0.3 is 0 Å². The summed E-state index contributed by atoms with van der Waals surface area (Å²) < 4.78 is 0. The van der Waals surface area contributed by atoms with E-state index in [1.54, 1.807) is 0 Å². The lowest BCUT2D eigenvalue weighted by Crippen LogP contribution is -2.14. The molecule has 1 aliphatic carbocycles. The first-order valence-corrected chi connectivity index (χ1v) is 7.01. The van der Waals surface area contributed by atoms with Crippen LogP contribution in [-0.4, -0.2) is 16.5 Å². The third-order valence-corrected chi connectivity index (χ3v) is 3.63. The van der Waals surface area contributed by atoms with Crippen molar-refractivity contribution in [1.82, 2.24) is 15.3 Å². The second-order valence-electron chi connectivity index (χ2n) is 4.98. The molecule has 1 N–H and O–H groups in total. The summed E-state index contributed by atoms with van der Waals surface area (Å²) in [7, 11) is 0. The van der Waals surface area contributed by atoms with Gasteiger partial charge in [-0.1, -0.05) is 19.1 Å². The maximum Gasteiger partial charge on any atom is 0.142 e. The predicted octanol–water partition coefficient (Wildman–Crippen LogP) is 2.74. The second kappa shape index (κ2) is 5.49. The summed E-state index contributed by atoms with van der Waals surface area (Å²) in [5.74, 6) is 0.861. The van der Waals surface area contributed by atoms with E-state index in [0.29, 0.717) is 0 Å². The van der Waals surface area contributed by atoms with Gasteiger partial charge in [-0.15, -0.1) is 0 Å². The van der Waals surface area contributed by atoms with Gasteiger partial charge in [0.1, 0.15) is 5.82 Å².